The molecule has 154 valence electrons. The van der Waals surface area contributed by atoms with Crippen LogP contribution in [0.2, 0.25) is 0 Å². The third-order valence-electron chi connectivity index (χ3n) is 4.54. The molecule has 2 amide bonds. The van der Waals surface area contributed by atoms with Gasteiger partial charge in [-0.2, -0.15) is 0 Å². The number of amides is 2. The van der Waals surface area contributed by atoms with Crippen LogP contribution in [-0.4, -0.2) is 29.9 Å². The highest BCUT2D eigenvalue weighted by molar-refractivity contribution is 5.98. The van der Waals surface area contributed by atoms with Gasteiger partial charge in [0.15, 0.2) is 6.10 Å². The predicted octanol–water partition coefficient (Wildman–Crippen LogP) is 3.57. The van der Waals surface area contributed by atoms with E-state index in [9.17, 15) is 14.4 Å². The summed E-state index contributed by atoms with van der Waals surface area (Å²) in [6.07, 6.45) is -0.0868. The number of ether oxygens (including phenoxy) is 1. The van der Waals surface area contributed by atoms with Gasteiger partial charge >= 0.3 is 5.97 Å². The number of carbonyl (C=O) groups excluding carboxylic acids is 3. The molecule has 0 aliphatic heterocycles. The summed E-state index contributed by atoms with van der Waals surface area (Å²) in [6, 6.07) is 15.2. The molecule has 2 rings (SSSR count). The average Bonchev–Trinajstić information content (AvgIpc) is 2.72. The molecular weight excluding hydrogens is 368 g/mol. The Balaban J connectivity index is 1.96. The third-order valence-corrected chi connectivity index (χ3v) is 4.54. The Hall–Kier alpha value is -3.15. The van der Waals surface area contributed by atoms with Crippen LogP contribution in [0.3, 0.4) is 0 Å². The summed E-state index contributed by atoms with van der Waals surface area (Å²) in [7, 11) is 0. The van der Waals surface area contributed by atoms with Crippen molar-refractivity contribution in [3.63, 3.8) is 0 Å². The van der Waals surface area contributed by atoms with E-state index < -0.39 is 24.0 Å². The molecule has 2 aromatic carbocycles. The van der Waals surface area contributed by atoms with Crippen LogP contribution in [0, 0.1) is 5.92 Å². The summed E-state index contributed by atoms with van der Waals surface area (Å²) in [5, 5.41) is 5.42. The molecule has 0 radical (unpaired) electrons. The molecule has 0 heterocycles. The Bertz CT molecular complexity index is 832. The minimum Gasteiger partial charge on any atom is -0.451 e. The van der Waals surface area contributed by atoms with Crippen LogP contribution in [0.4, 0.5) is 5.69 Å². The topological polar surface area (TPSA) is 84.5 Å². The number of hydrogen-bond acceptors (Lipinski definition) is 4. The summed E-state index contributed by atoms with van der Waals surface area (Å²) in [5.41, 5.74) is 2.25. The Morgan fingerprint density at radius 3 is 2.10 bits per heavy atom. The number of rotatable bonds is 8. The fourth-order valence-electron chi connectivity index (χ4n) is 2.68. The zero-order valence-corrected chi connectivity index (χ0v) is 17.3. The minimum atomic E-state index is -0.997. The van der Waals surface area contributed by atoms with Crippen molar-refractivity contribution in [3.05, 3.63) is 65.7 Å². The summed E-state index contributed by atoms with van der Waals surface area (Å²) in [4.78, 5) is 37.3. The van der Waals surface area contributed by atoms with E-state index in [4.69, 9.17) is 4.74 Å². The van der Waals surface area contributed by atoms with Crippen molar-refractivity contribution in [1.82, 2.24) is 5.32 Å². The zero-order valence-electron chi connectivity index (χ0n) is 17.3. The number of aryl methyl sites for hydroxylation is 1. The van der Waals surface area contributed by atoms with Crippen molar-refractivity contribution in [1.29, 1.82) is 0 Å². The molecule has 0 saturated heterocycles. The van der Waals surface area contributed by atoms with E-state index in [1.807, 2.05) is 24.3 Å². The second-order valence-electron chi connectivity index (χ2n) is 7.18. The van der Waals surface area contributed by atoms with Crippen molar-refractivity contribution in [2.75, 3.05) is 5.32 Å². The Morgan fingerprint density at radius 2 is 1.55 bits per heavy atom. The highest BCUT2D eigenvalue weighted by Crippen LogP contribution is 2.12. The normalized spacial score (nSPS) is 12.7. The van der Waals surface area contributed by atoms with Gasteiger partial charge in [-0.15, -0.1) is 0 Å². The SMILES string of the molecule is CCc1ccc(NC(=O)[C@H](C)OC(=O)[C@H](NC(=O)c2ccccc2)C(C)C)cc1. The van der Waals surface area contributed by atoms with E-state index >= 15 is 0 Å². The zero-order chi connectivity index (χ0) is 21.4. The number of esters is 1. The maximum absolute atomic E-state index is 12.6. The lowest BCUT2D eigenvalue weighted by molar-refractivity contribution is -0.156. The third kappa shape index (κ3) is 6.45. The first kappa shape index (κ1) is 22.1. The molecule has 0 aliphatic rings. The summed E-state index contributed by atoms with van der Waals surface area (Å²) in [5.74, 6) is -1.64. The number of nitrogens with one attached hydrogen (secondary N) is 2. The van der Waals surface area contributed by atoms with Gasteiger partial charge in [0.2, 0.25) is 0 Å². The van der Waals surface area contributed by atoms with Crippen molar-refractivity contribution >= 4 is 23.5 Å². The van der Waals surface area contributed by atoms with Crippen LogP contribution >= 0.6 is 0 Å². The maximum atomic E-state index is 12.6. The van der Waals surface area contributed by atoms with E-state index in [1.165, 1.54) is 6.92 Å². The van der Waals surface area contributed by atoms with Crippen LogP contribution in [0.25, 0.3) is 0 Å². The van der Waals surface area contributed by atoms with Crippen LogP contribution < -0.4 is 10.6 Å². The van der Waals surface area contributed by atoms with E-state index in [2.05, 4.69) is 17.6 Å². The second-order valence-corrected chi connectivity index (χ2v) is 7.18. The van der Waals surface area contributed by atoms with Gasteiger partial charge in [-0.1, -0.05) is 51.1 Å². The quantitative estimate of drug-likeness (QED) is 0.668. The first-order chi connectivity index (χ1) is 13.8. The van der Waals surface area contributed by atoms with Crippen molar-refractivity contribution in [2.45, 2.75) is 46.3 Å². The fourth-order valence-corrected chi connectivity index (χ4v) is 2.68. The van der Waals surface area contributed by atoms with E-state index in [0.29, 0.717) is 11.3 Å². The van der Waals surface area contributed by atoms with Crippen LogP contribution in [0.1, 0.15) is 43.6 Å². The Labute approximate surface area is 171 Å². The molecule has 6 nitrogen and oxygen atoms in total. The number of carbonyl (C=O) groups is 3. The molecule has 0 unspecified atom stereocenters. The second kappa shape index (κ2) is 10.4. The molecule has 2 aromatic rings. The van der Waals surface area contributed by atoms with Crippen LogP contribution in [0.5, 0.6) is 0 Å². The number of hydrogen-bond donors (Lipinski definition) is 2. The smallest absolute Gasteiger partial charge is 0.329 e. The Morgan fingerprint density at radius 1 is 0.931 bits per heavy atom. The largest absolute Gasteiger partial charge is 0.451 e. The molecule has 6 heteroatoms. The van der Waals surface area contributed by atoms with Crippen molar-refractivity contribution in [2.24, 2.45) is 5.92 Å². The summed E-state index contributed by atoms with van der Waals surface area (Å²) in [6.45, 7) is 7.16. The van der Waals surface area contributed by atoms with Crippen molar-refractivity contribution < 1.29 is 19.1 Å². The number of benzene rings is 2. The van der Waals surface area contributed by atoms with Gasteiger partial charge in [0.05, 0.1) is 0 Å². The highest BCUT2D eigenvalue weighted by atomic mass is 16.5. The standard InChI is InChI=1S/C23H28N2O4/c1-5-17-11-13-19(14-12-17)24-21(26)16(4)29-23(28)20(15(2)3)25-22(27)18-9-7-6-8-10-18/h6-16,20H,5H2,1-4H3,(H,24,26)(H,25,27)/t16-,20+/m0/s1. The summed E-state index contributed by atoms with van der Waals surface area (Å²) < 4.78 is 5.32. The van der Waals surface area contributed by atoms with Crippen LogP contribution in [0.15, 0.2) is 54.6 Å². The molecule has 0 bridgehead atoms. The average molecular weight is 396 g/mol. The van der Waals surface area contributed by atoms with Crippen molar-refractivity contribution in [3.8, 4) is 0 Å². The molecule has 2 atom stereocenters. The van der Waals surface area contributed by atoms with E-state index in [0.717, 1.165) is 12.0 Å². The van der Waals surface area contributed by atoms with Gasteiger partial charge in [0.25, 0.3) is 11.8 Å². The molecule has 0 aromatic heterocycles. The monoisotopic (exact) mass is 396 g/mol. The number of anilines is 1. The van der Waals surface area contributed by atoms with E-state index in [1.54, 1.807) is 44.2 Å². The molecule has 0 saturated carbocycles. The lowest BCUT2D eigenvalue weighted by atomic mass is 10.0. The molecular formula is C23H28N2O4. The van der Waals surface area contributed by atoms with Gasteiger partial charge in [-0.3, -0.25) is 9.59 Å². The first-order valence-electron chi connectivity index (χ1n) is 9.78. The minimum absolute atomic E-state index is 0.202. The summed E-state index contributed by atoms with van der Waals surface area (Å²) >= 11 is 0. The molecule has 0 spiro atoms. The van der Waals surface area contributed by atoms with Gasteiger partial charge in [0, 0.05) is 11.3 Å². The van der Waals surface area contributed by atoms with Gasteiger partial charge in [-0.25, -0.2) is 4.79 Å². The lowest BCUT2D eigenvalue weighted by Gasteiger charge is -2.23. The van der Waals surface area contributed by atoms with Gasteiger partial charge in [0.1, 0.15) is 6.04 Å². The highest BCUT2D eigenvalue weighted by Gasteiger charge is 2.29. The molecule has 29 heavy (non-hydrogen) atoms. The van der Waals surface area contributed by atoms with E-state index in [-0.39, 0.29) is 11.8 Å². The fraction of sp³-hybridized carbons (Fsp3) is 0.348. The molecule has 2 N–H and O–H groups in total. The first-order valence-corrected chi connectivity index (χ1v) is 9.78. The van der Waals surface area contributed by atoms with Gasteiger partial charge in [-0.05, 0) is 49.1 Å². The lowest BCUT2D eigenvalue weighted by Crippen LogP contribution is -2.47. The predicted molar refractivity (Wildman–Crippen MR) is 113 cm³/mol. The van der Waals surface area contributed by atoms with Gasteiger partial charge < -0.3 is 15.4 Å². The van der Waals surface area contributed by atoms with Crippen LogP contribution in [-0.2, 0) is 20.7 Å². The molecule has 0 aliphatic carbocycles. The molecule has 0 fully saturated rings. The Kier molecular flexibility index (Phi) is 7.95. The maximum Gasteiger partial charge on any atom is 0.329 e.